The maximum Gasteiger partial charge on any atom is 0.255 e. The van der Waals surface area contributed by atoms with Crippen molar-refractivity contribution in [1.82, 2.24) is 4.72 Å². The van der Waals surface area contributed by atoms with Crippen LogP contribution in [-0.4, -0.2) is 14.3 Å². The Hall–Kier alpha value is -3.16. The van der Waals surface area contributed by atoms with E-state index in [9.17, 15) is 13.2 Å². The second kappa shape index (κ2) is 6.86. The molecule has 0 spiro atoms. The number of hydrogen-bond acceptors (Lipinski definition) is 4. The Morgan fingerprint density at radius 1 is 0.852 bits per heavy atom. The van der Waals surface area contributed by atoms with Crippen molar-refractivity contribution in [2.45, 2.75) is 11.1 Å². The molecule has 1 atom stereocenters. The molecule has 0 bridgehead atoms. The zero-order chi connectivity index (χ0) is 18.9. The molecular weight excluding hydrogens is 362 g/mol. The van der Waals surface area contributed by atoms with Crippen LogP contribution in [0.2, 0.25) is 0 Å². The van der Waals surface area contributed by atoms with Crippen molar-refractivity contribution >= 4 is 27.3 Å². The number of amides is 1. The fourth-order valence-corrected chi connectivity index (χ4v) is 4.23. The van der Waals surface area contributed by atoms with Crippen molar-refractivity contribution in [3.63, 3.8) is 0 Å². The van der Waals surface area contributed by atoms with Crippen LogP contribution in [0.5, 0.6) is 0 Å². The van der Waals surface area contributed by atoms with E-state index in [0.717, 1.165) is 0 Å². The van der Waals surface area contributed by atoms with Gasteiger partial charge in [-0.15, -0.1) is 0 Å². The molecule has 1 heterocycles. The normalized spacial score (nSPS) is 17.4. The Morgan fingerprint density at radius 3 is 2.26 bits per heavy atom. The lowest BCUT2D eigenvalue weighted by Gasteiger charge is -2.28. The second-order valence-corrected chi connectivity index (χ2v) is 7.82. The highest BCUT2D eigenvalue weighted by atomic mass is 32.2. The lowest BCUT2D eigenvalue weighted by Crippen LogP contribution is -2.38. The largest absolute Gasteiger partial charge is 0.364 e. The van der Waals surface area contributed by atoms with Crippen LogP contribution in [0.15, 0.2) is 83.8 Å². The SMILES string of the molecule is O=C(Nc1ccccc1)c1ccc(C2Nc3ccccc3S(=O)(=O)N2)cc1. The number of rotatable bonds is 3. The molecule has 0 fully saturated rings. The van der Waals surface area contributed by atoms with E-state index in [-0.39, 0.29) is 10.8 Å². The molecule has 27 heavy (non-hydrogen) atoms. The van der Waals surface area contributed by atoms with Gasteiger partial charge in [0.05, 0.1) is 5.69 Å². The van der Waals surface area contributed by atoms with Crippen molar-refractivity contribution < 1.29 is 13.2 Å². The smallest absolute Gasteiger partial charge is 0.255 e. The highest BCUT2D eigenvalue weighted by molar-refractivity contribution is 7.89. The van der Waals surface area contributed by atoms with Gasteiger partial charge in [0.25, 0.3) is 5.91 Å². The van der Waals surface area contributed by atoms with Gasteiger partial charge in [-0.05, 0) is 42.0 Å². The van der Waals surface area contributed by atoms with E-state index in [4.69, 9.17) is 0 Å². The number of para-hydroxylation sites is 2. The zero-order valence-electron chi connectivity index (χ0n) is 14.2. The maximum atomic E-state index is 12.4. The number of sulfonamides is 1. The van der Waals surface area contributed by atoms with Crippen LogP contribution in [0, 0.1) is 0 Å². The predicted molar refractivity (Wildman–Crippen MR) is 104 cm³/mol. The molecule has 0 saturated carbocycles. The fraction of sp³-hybridized carbons (Fsp3) is 0.0500. The monoisotopic (exact) mass is 379 g/mol. The predicted octanol–water partition coefficient (Wildman–Crippen LogP) is 3.34. The van der Waals surface area contributed by atoms with E-state index in [1.165, 1.54) is 0 Å². The van der Waals surface area contributed by atoms with Crippen LogP contribution in [0.4, 0.5) is 11.4 Å². The van der Waals surface area contributed by atoms with Gasteiger partial charge >= 0.3 is 0 Å². The Morgan fingerprint density at radius 2 is 1.52 bits per heavy atom. The first-order chi connectivity index (χ1) is 13.0. The van der Waals surface area contributed by atoms with Crippen LogP contribution in [-0.2, 0) is 10.0 Å². The Labute approximate surface area is 157 Å². The van der Waals surface area contributed by atoms with Crippen LogP contribution >= 0.6 is 0 Å². The molecule has 1 aliphatic heterocycles. The molecule has 0 radical (unpaired) electrons. The van der Waals surface area contributed by atoms with Gasteiger partial charge < -0.3 is 10.6 Å². The lowest BCUT2D eigenvalue weighted by molar-refractivity contribution is 0.102. The number of carbonyl (C=O) groups excluding carboxylic acids is 1. The first-order valence-corrected chi connectivity index (χ1v) is 9.85. The highest BCUT2D eigenvalue weighted by Crippen LogP contribution is 2.30. The summed E-state index contributed by atoms with van der Waals surface area (Å²) in [5.41, 5.74) is 2.46. The summed E-state index contributed by atoms with van der Waals surface area (Å²) in [5.74, 6) is -0.227. The summed E-state index contributed by atoms with van der Waals surface area (Å²) in [5, 5.41) is 5.98. The molecule has 3 aromatic rings. The summed E-state index contributed by atoms with van der Waals surface area (Å²) in [6.45, 7) is 0. The minimum Gasteiger partial charge on any atom is -0.364 e. The van der Waals surface area contributed by atoms with Crippen molar-refractivity contribution in [2.75, 3.05) is 10.6 Å². The minimum atomic E-state index is -3.60. The quantitative estimate of drug-likeness (QED) is 0.651. The van der Waals surface area contributed by atoms with Gasteiger partial charge in [-0.2, -0.15) is 4.72 Å². The van der Waals surface area contributed by atoms with Crippen molar-refractivity contribution in [3.8, 4) is 0 Å². The van der Waals surface area contributed by atoms with Crippen LogP contribution in [0.3, 0.4) is 0 Å². The van der Waals surface area contributed by atoms with E-state index >= 15 is 0 Å². The minimum absolute atomic E-state index is 0.222. The number of nitrogens with one attached hydrogen (secondary N) is 3. The summed E-state index contributed by atoms with van der Waals surface area (Å²) >= 11 is 0. The molecule has 0 saturated heterocycles. The average Bonchev–Trinajstić information content (AvgIpc) is 2.68. The van der Waals surface area contributed by atoms with Crippen LogP contribution in [0.1, 0.15) is 22.1 Å². The summed E-state index contributed by atoms with van der Waals surface area (Å²) < 4.78 is 27.5. The van der Waals surface area contributed by atoms with E-state index in [1.54, 1.807) is 48.5 Å². The van der Waals surface area contributed by atoms with Crippen LogP contribution < -0.4 is 15.4 Å². The van der Waals surface area contributed by atoms with Gasteiger partial charge in [-0.25, -0.2) is 8.42 Å². The molecule has 1 unspecified atom stereocenters. The Kier molecular flexibility index (Phi) is 4.39. The molecule has 7 heteroatoms. The second-order valence-electron chi connectivity index (χ2n) is 6.14. The third-order valence-electron chi connectivity index (χ3n) is 4.29. The molecule has 1 aliphatic rings. The molecule has 0 aliphatic carbocycles. The zero-order valence-corrected chi connectivity index (χ0v) is 15.0. The molecule has 3 aromatic carbocycles. The average molecular weight is 379 g/mol. The number of anilines is 2. The molecule has 3 N–H and O–H groups in total. The summed E-state index contributed by atoms with van der Waals surface area (Å²) in [6.07, 6.45) is -0.601. The van der Waals surface area contributed by atoms with Gasteiger partial charge in [-0.3, -0.25) is 4.79 Å². The van der Waals surface area contributed by atoms with E-state index in [0.29, 0.717) is 22.5 Å². The van der Waals surface area contributed by atoms with Gasteiger partial charge in [0.15, 0.2) is 0 Å². The standard InChI is InChI=1S/C20H17N3O3S/c24-20(21-16-6-2-1-3-7-16)15-12-10-14(11-13-15)19-22-17-8-4-5-9-18(17)27(25,26)23-19/h1-13,19,22-23H,(H,21,24). The third-order valence-corrected chi connectivity index (χ3v) is 5.77. The van der Waals surface area contributed by atoms with Gasteiger partial charge in [0.1, 0.15) is 11.1 Å². The summed E-state index contributed by atoms with van der Waals surface area (Å²) in [6, 6.07) is 22.7. The molecule has 4 rings (SSSR count). The topological polar surface area (TPSA) is 87.3 Å². The van der Waals surface area contributed by atoms with Crippen molar-refractivity contribution in [2.24, 2.45) is 0 Å². The Balaban J connectivity index is 1.54. The third kappa shape index (κ3) is 3.55. The van der Waals surface area contributed by atoms with Gasteiger partial charge in [-0.1, -0.05) is 42.5 Å². The highest BCUT2D eigenvalue weighted by Gasteiger charge is 2.29. The summed E-state index contributed by atoms with van der Waals surface area (Å²) in [4.78, 5) is 12.6. The Bertz CT molecular complexity index is 1080. The lowest BCUT2D eigenvalue weighted by atomic mass is 10.1. The fourth-order valence-electron chi connectivity index (χ4n) is 2.93. The molecule has 0 aromatic heterocycles. The van der Waals surface area contributed by atoms with E-state index in [2.05, 4.69) is 15.4 Å². The summed E-state index contributed by atoms with van der Waals surface area (Å²) in [7, 11) is -3.60. The number of hydrogen-bond donors (Lipinski definition) is 3. The van der Waals surface area contributed by atoms with Gasteiger partial charge in [0.2, 0.25) is 10.0 Å². The van der Waals surface area contributed by atoms with Crippen LogP contribution in [0.25, 0.3) is 0 Å². The number of fused-ring (bicyclic) bond motifs is 1. The molecule has 1 amide bonds. The molecule has 136 valence electrons. The first kappa shape index (κ1) is 17.3. The molecular formula is C20H17N3O3S. The first-order valence-electron chi connectivity index (χ1n) is 8.37. The maximum absolute atomic E-state index is 12.4. The van der Waals surface area contributed by atoms with E-state index in [1.807, 2.05) is 30.3 Å². The van der Waals surface area contributed by atoms with Gasteiger partial charge in [0, 0.05) is 11.3 Å². The van der Waals surface area contributed by atoms with Crippen molar-refractivity contribution in [3.05, 3.63) is 90.0 Å². The van der Waals surface area contributed by atoms with E-state index < -0.39 is 16.2 Å². The van der Waals surface area contributed by atoms with Crippen molar-refractivity contribution in [1.29, 1.82) is 0 Å². The number of carbonyl (C=O) groups is 1. The number of benzene rings is 3. The molecule has 6 nitrogen and oxygen atoms in total.